The van der Waals surface area contributed by atoms with Gasteiger partial charge in [-0.15, -0.1) is 0 Å². The first-order valence-corrected chi connectivity index (χ1v) is 5.15. The highest BCUT2D eigenvalue weighted by atomic mass is 35.5. The van der Waals surface area contributed by atoms with Crippen molar-refractivity contribution in [1.29, 1.82) is 5.26 Å². The SMILES string of the molecule is N#Cc1ccnc(NC2CC=CC2)c1Cl. The second-order valence-electron chi connectivity index (χ2n) is 3.42. The number of pyridine rings is 1. The maximum absolute atomic E-state index is 8.80. The van der Waals surface area contributed by atoms with Crippen molar-refractivity contribution in [3.05, 3.63) is 35.0 Å². The van der Waals surface area contributed by atoms with Crippen LogP contribution in [0.4, 0.5) is 5.82 Å². The van der Waals surface area contributed by atoms with Crippen LogP contribution in [0.15, 0.2) is 24.4 Å². The minimum atomic E-state index is 0.351. The predicted molar refractivity (Wildman–Crippen MR) is 59.7 cm³/mol. The zero-order chi connectivity index (χ0) is 10.7. The van der Waals surface area contributed by atoms with E-state index in [4.69, 9.17) is 16.9 Å². The maximum atomic E-state index is 8.80. The lowest BCUT2D eigenvalue weighted by Gasteiger charge is -2.13. The molecule has 0 saturated heterocycles. The molecule has 2 rings (SSSR count). The van der Waals surface area contributed by atoms with Crippen LogP contribution in [-0.4, -0.2) is 11.0 Å². The second-order valence-corrected chi connectivity index (χ2v) is 3.79. The highest BCUT2D eigenvalue weighted by Gasteiger charge is 2.13. The summed E-state index contributed by atoms with van der Waals surface area (Å²) in [5.74, 6) is 0.601. The van der Waals surface area contributed by atoms with Crippen molar-refractivity contribution in [3.8, 4) is 6.07 Å². The van der Waals surface area contributed by atoms with Crippen molar-refractivity contribution >= 4 is 17.4 Å². The number of halogens is 1. The summed E-state index contributed by atoms with van der Waals surface area (Å²) in [6.45, 7) is 0. The molecular formula is C11H10ClN3. The van der Waals surface area contributed by atoms with Crippen LogP contribution in [0.3, 0.4) is 0 Å². The molecule has 1 heterocycles. The fraction of sp³-hybridized carbons (Fsp3) is 0.273. The molecule has 1 aliphatic carbocycles. The summed E-state index contributed by atoms with van der Waals surface area (Å²) in [6.07, 6.45) is 7.80. The van der Waals surface area contributed by atoms with E-state index in [-0.39, 0.29) is 0 Å². The van der Waals surface area contributed by atoms with Gasteiger partial charge in [-0.2, -0.15) is 5.26 Å². The largest absolute Gasteiger partial charge is 0.365 e. The molecule has 0 spiro atoms. The van der Waals surface area contributed by atoms with Crippen molar-refractivity contribution in [2.24, 2.45) is 0 Å². The number of hydrogen-bond donors (Lipinski definition) is 1. The average Bonchev–Trinajstić information content (AvgIpc) is 2.74. The summed E-state index contributed by atoms with van der Waals surface area (Å²) in [5.41, 5.74) is 0.458. The normalized spacial score (nSPS) is 15.2. The zero-order valence-corrected chi connectivity index (χ0v) is 8.83. The maximum Gasteiger partial charge on any atom is 0.146 e. The number of anilines is 1. The molecule has 0 saturated carbocycles. The van der Waals surface area contributed by atoms with Crippen LogP contribution in [0.5, 0.6) is 0 Å². The highest BCUT2D eigenvalue weighted by molar-refractivity contribution is 6.34. The third kappa shape index (κ3) is 2.11. The third-order valence-corrected chi connectivity index (χ3v) is 2.74. The Kier molecular flexibility index (Phi) is 2.89. The summed E-state index contributed by atoms with van der Waals surface area (Å²) >= 11 is 6.02. The van der Waals surface area contributed by atoms with Gasteiger partial charge in [-0.05, 0) is 18.9 Å². The number of aromatic nitrogens is 1. The van der Waals surface area contributed by atoms with E-state index in [9.17, 15) is 0 Å². The van der Waals surface area contributed by atoms with Gasteiger partial charge in [0.2, 0.25) is 0 Å². The molecule has 0 fully saturated rings. The summed E-state index contributed by atoms with van der Waals surface area (Å²) in [4.78, 5) is 4.13. The molecule has 1 N–H and O–H groups in total. The average molecular weight is 220 g/mol. The van der Waals surface area contributed by atoms with E-state index >= 15 is 0 Å². The highest BCUT2D eigenvalue weighted by Crippen LogP contribution is 2.25. The first kappa shape index (κ1) is 10.0. The molecule has 4 heteroatoms. The molecule has 0 aliphatic heterocycles. The van der Waals surface area contributed by atoms with Crippen LogP contribution in [0.1, 0.15) is 18.4 Å². The Balaban J connectivity index is 2.18. The molecule has 76 valence electrons. The van der Waals surface area contributed by atoms with Crippen molar-refractivity contribution < 1.29 is 0 Å². The summed E-state index contributed by atoms with van der Waals surface area (Å²) in [6, 6.07) is 4.00. The molecule has 0 bridgehead atoms. The predicted octanol–water partition coefficient (Wildman–Crippen LogP) is 2.74. The van der Waals surface area contributed by atoms with Crippen LogP contribution in [-0.2, 0) is 0 Å². The van der Waals surface area contributed by atoms with Gasteiger partial charge in [0.15, 0.2) is 0 Å². The smallest absolute Gasteiger partial charge is 0.146 e. The minimum absolute atomic E-state index is 0.351. The van der Waals surface area contributed by atoms with E-state index in [2.05, 4.69) is 22.5 Å². The molecule has 0 atom stereocenters. The van der Waals surface area contributed by atoms with Gasteiger partial charge in [-0.3, -0.25) is 0 Å². The minimum Gasteiger partial charge on any atom is -0.365 e. The first-order valence-electron chi connectivity index (χ1n) is 4.77. The fourth-order valence-electron chi connectivity index (χ4n) is 1.56. The Hall–Kier alpha value is -1.53. The van der Waals surface area contributed by atoms with Gasteiger partial charge in [0.05, 0.1) is 5.56 Å². The molecule has 3 nitrogen and oxygen atoms in total. The number of rotatable bonds is 2. The lowest BCUT2D eigenvalue weighted by molar-refractivity contribution is 0.781. The number of hydrogen-bond acceptors (Lipinski definition) is 3. The fourth-order valence-corrected chi connectivity index (χ4v) is 1.77. The molecule has 0 amide bonds. The summed E-state index contributed by atoms with van der Waals surface area (Å²) in [5, 5.41) is 12.4. The molecule has 0 aromatic carbocycles. The van der Waals surface area contributed by atoms with Crippen molar-refractivity contribution in [3.63, 3.8) is 0 Å². The van der Waals surface area contributed by atoms with Crippen molar-refractivity contribution in [2.75, 3.05) is 5.32 Å². The van der Waals surface area contributed by atoms with Crippen LogP contribution in [0.2, 0.25) is 5.02 Å². The summed E-state index contributed by atoms with van der Waals surface area (Å²) in [7, 11) is 0. The van der Waals surface area contributed by atoms with E-state index in [1.54, 1.807) is 12.3 Å². The van der Waals surface area contributed by atoms with Gasteiger partial charge in [-0.1, -0.05) is 23.8 Å². The summed E-state index contributed by atoms with van der Waals surface area (Å²) < 4.78 is 0. The molecule has 1 aromatic rings. The monoisotopic (exact) mass is 219 g/mol. The molecule has 1 aliphatic rings. The Morgan fingerprint density at radius 2 is 2.20 bits per heavy atom. The quantitative estimate of drug-likeness (QED) is 0.779. The topological polar surface area (TPSA) is 48.7 Å². The van der Waals surface area contributed by atoms with Crippen LogP contribution < -0.4 is 5.32 Å². The second kappa shape index (κ2) is 4.33. The standard InChI is InChI=1S/C11H10ClN3/c12-10-8(7-13)5-6-14-11(10)15-9-3-1-2-4-9/h1-2,5-6,9H,3-4H2,(H,14,15). The van der Waals surface area contributed by atoms with Gasteiger partial charge in [-0.25, -0.2) is 4.98 Å². The number of nitriles is 1. The van der Waals surface area contributed by atoms with E-state index in [0.717, 1.165) is 12.8 Å². The molecule has 0 unspecified atom stereocenters. The van der Waals surface area contributed by atoms with E-state index in [1.165, 1.54) is 0 Å². The Bertz CT molecular complexity index is 426. The van der Waals surface area contributed by atoms with E-state index in [0.29, 0.717) is 22.4 Å². The molecule has 15 heavy (non-hydrogen) atoms. The Morgan fingerprint density at radius 3 is 2.87 bits per heavy atom. The van der Waals surface area contributed by atoms with Crippen molar-refractivity contribution in [2.45, 2.75) is 18.9 Å². The Morgan fingerprint density at radius 1 is 1.47 bits per heavy atom. The van der Waals surface area contributed by atoms with Crippen molar-refractivity contribution in [1.82, 2.24) is 4.98 Å². The number of nitrogens with one attached hydrogen (secondary N) is 1. The zero-order valence-electron chi connectivity index (χ0n) is 8.07. The lowest BCUT2D eigenvalue weighted by Crippen LogP contribution is -2.16. The van der Waals surface area contributed by atoms with Gasteiger partial charge in [0.1, 0.15) is 16.9 Å². The van der Waals surface area contributed by atoms with E-state index in [1.807, 2.05) is 6.07 Å². The van der Waals surface area contributed by atoms with E-state index < -0.39 is 0 Å². The van der Waals surface area contributed by atoms with Crippen LogP contribution >= 0.6 is 11.6 Å². The van der Waals surface area contributed by atoms with Gasteiger partial charge in [0, 0.05) is 12.2 Å². The van der Waals surface area contributed by atoms with Gasteiger partial charge < -0.3 is 5.32 Å². The number of nitrogens with zero attached hydrogens (tertiary/aromatic N) is 2. The van der Waals surface area contributed by atoms with Crippen LogP contribution in [0, 0.1) is 11.3 Å². The molecule has 1 aromatic heterocycles. The molecule has 0 radical (unpaired) electrons. The van der Waals surface area contributed by atoms with Gasteiger partial charge >= 0.3 is 0 Å². The third-order valence-electron chi connectivity index (χ3n) is 2.36. The Labute approximate surface area is 93.4 Å². The molecular weight excluding hydrogens is 210 g/mol. The van der Waals surface area contributed by atoms with Crippen LogP contribution in [0.25, 0.3) is 0 Å². The lowest BCUT2D eigenvalue weighted by atomic mass is 10.2. The first-order chi connectivity index (χ1) is 7.31. The van der Waals surface area contributed by atoms with Gasteiger partial charge in [0.25, 0.3) is 0 Å².